The van der Waals surface area contributed by atoms with E-state index < -0.39 is 0 Å². The summed E-state index contributed by atoms with van der Waals surface area (Å²) in [4.78, 5) is 0. The molecule has 55 heavy (non-hydrogen) atoms. The highest BCUT2D eigenvalue weighted by atomic mass is 16.5. The fraction of sp³-hybridized carbons (Fsp3) is 0.0385. The number of aromatic nitrogens is 1. The molecule has 0 aliphatic rings. The zero-order chi connectivity index (χ0) is 37.1. The monoisotopic (exact) mass is 709 g/mol. The summed E-state index contributed by atoms with van der Waals surface area (Å²) in [5.74, 6) is 0.824. The van der Waals surface area contributed by atoms with E-state index in [-0.39, 0.29) is 6.61 Å². The molecule has 0 aliphatic carbocycles. The van der Waals surface area contributed by atoms with Crippen LogP contribution in [0.2, 0.25) is 0 Å². The molecule has 264 valence electrons. The van der Waals surface area contributed by atoms with Crippen LogP contribution < -0.4 is 4.74 Å². The van der Waals surface area contributed by atoms with E-state index in [0.717, 1.165) is 50.3 Å². The molecule has 8 aromatic carbocycles. The summed E-state index contributed by atoms with van der Waals surface area (Å²) >= 11 is 0. The number of methoxy groups -OCH3 is 1. The number of rotatable bonds is 9. The van der Waals surface area contributed by atoms with Crippen LogP contribution in [-0.4, -0.2) is 16.8 Å². The third-order valence-electron chi connectivity index (χ3n) is 10.5. The number of aliphatic hydroxyl groups is 1. The van der Waals surface area contributed by atoms with Gasteiger partial charge in [0.2, 0.25) is 0 Å². The van der Waals surface area contributed by atoms with Crippen LogP contribution in [0.3, 0.4) is 0 Å². The molecular formula is C52H39NO2. The van der Waals surface area contributed by atoms with Crippen molar-refractivity contribution in [1.29, 1.82) is 0 Å². The molecule has 3 nitrogen and oxygen atoms in total. The number of fused-ring (bicyclic) bond motifs is 1. The lowest BCUT2D eigenvalue weighted by molar-refractivity contribution is 0.282. The molecule has 0 spiro atoms. The molecule has 1 N–H and O–H groups in total. The first-order chi connectivity index (χ1) is 27.1. The lowest BCUT2D eigenvalue weighted by atomic mass is 9.96. The molecule has 0 unspecified atom stereocenters. The number of nitrogens with zero attached hydrogens (tertiary/aromatic N) is 1. The predicted molar refractivity (Wildman–Crippen MR) is 228 cm³/mol. The highest BCUT2D eigenvalue weighted by Crippen LogP contribution is 2.39. The third kappa shape index (κ3) is 6.86. The van der Waals surface area contributed by atoms with E-state index >= 15 is 0 Å². The summed E-state index contributed by atoms with van der Waals surface area (Å²) in [6, 6.07) is 68.8. The Kier molecular flexibility index (Phi) is 9.13. The highest BCUT2D eigenvalue weighted by molar-refractivity contribution is 6.00. The van der Waals surface area contributed by atoms with Gasteiger partial charge in [0.1, 0.15) is 5.75 Å². The zero-order valence-electron chi connectivity index (χ0n) is 30.6. The smallest absolute Gasteiger partial charge is 0.118 e. The van der Waals surface area contributed by atoms with Crippen molar-refractivity contribution in [3.63, 3.8) is 0 Å². The molecule has 0 bridgehead atoms. The third-order valence-corrected chi connectivity index (χ3v) is 10.5. The van der Waals surface area contributed by atoms with Crippen molar-refractivity contribution in [2.75, 3.05) is 7.11 Å². The Morgan fingerprint density at radius 3 is 1.38 bits per heavy atom. The maximum Gasteiger partial charge on any atom is 0.118 e. The van der Waals surface area contributed by atoms with Crippen LogP contribution >= 0.6 is 0 Å². The SMILES string of the molecule is COc1ccc(-c2cc(-c3ccc(CO)cc3)cc(-n3cc(-c4ccc(-c5ccccc5)cc4)c4cc(-c5ccc(-c6ccccc6)cc5)ccc43)c2)cc1. The van der Waals surface area contributed by atoms with Gasteiger partial charge in [-0.1, -0.05) is 152 Å². The fourth-order valence-corrected chi connectivity index (χ4v) is 7.48. The summed E-state index contributed by atoms with van der Waals surface area (Å²) in [7, 11) is 1.69. The molecule has 0 saturated heterocycles. The van der Waals surface area contributed by atoms with Crippen molar-refractivity contribution < 1.29 is 9.84 Å². The lowest BCUT2D eigenvalue weighted by Gasteiger charge is -2.14. The molecule has 9 rings (SSSR count). The summed E-state index contributed by atoms with van der Waals surface area (Å²) in [6.07, 6.45) is 2.29. The molecule has 0 amide bonds. The lowest BCUT2D eigenvalue weighted by Crippen LogP contribution is -1.95. The Morgan fingerprint density at radius 2 is 0.855 bits per heavy atom. The normalized spacial score (nSPS) is 11.2. The zero-order valence-corrected chi connectivity index (χ0v) is 30.6. The summed E-state index contributed by atoms with van der Waals surface area (Å²) < 4.78 is 7.81. The fourth-order valence-electron chi connectivity index (χ4n) is 7.48. The first-order valence-corrected chi connectivity index (χ1v) is 18.6. The molecule has 0 aliphatic heterocycles. The molecule has 0 saturated carbocycles. The van der Waals surface area contributed by atoms with Gasteiger partial charge in [-0.05, 0) is 109 Å². The molecule has 3 heteroatoms. The van der Waals surface area contributed by atoms with E-state index in [2.05, 4.69) is 181 Å². The van der Waals surface area contributed by atoms with Crippen LogP contribution in [0.1, 0.15) is 5.56 Å². The second kappa shape index (κ2) is 14.8. The van der Waals surface area contributed by atoms with Gasteiger partial charge in [0.25, 0.3) is 0 Å². The van der Waals surface area contributed by atoms with Gasteiger partial charge < -0.3 is 14.4 Å². The van der Waals surface area contributed by atoms with Crippen molar-refractivity contribution in [3.8, 4) is 78.2 Å². The summed E-state index contributed by atoms with van der Waals surface area (Å²) in [5.41, 5.74) is 16.9. The van der Waals surface area contributed by atoms with E-state index in [0.29, 0.717) is 0 Å². The molecule has 0 fully saturated rings. The van der Waals surface area contributed by atoms with Gasteiger partial charge in [-0.15, -0.1) is 0 Å². The van der Waals surface area contributed by atoms with Crippen LogP contribution in [0.15, 0.2) is 200 Å². The molecule has 0 radical (unpaired) electrons. The van der Waals surface area contributed by atoms with Crippen molar-refractivity contribution >= 4 is 10.9 Å². The van der Waals surface area contributed by atoms with E-state index in [1.807, 2.05) is 24.3 Å². The van der Waals surface area contributed by atoms with Gasteiger partial charge in [0, 0.05) is 22.8 Å². The van der Waals surface area contributed by atoms with Gasteiger partial charge in [0.15, 0.2) is 0 Å². The quantitative estimate of drug-likeness (QED) is 0.162. The predicted octanol–water partition coefficient (Wildman–Crippen LogP) is 13.1. The first-order valence-electron chi connectivity index (χ1n) is 18.6. The van der Waals surface area contributed by atoms with Crippen LogP contribution in [0.4, 0.5) is 0 Å². The van der Waals surface area contributed by atoms with Gasteiger partial charge in [-0.3, -0.25) is 0 Å². The van der Waals surface area contributed by atoms with Crippen LogP contribution in [-0.2, 0) is 6.61 Å². The van der Waals surface area contributed by atoms with Gasteiger partial charge in [-0.25, -0.2) is 0 Å². The largest absolute Gasteiger partial charge is 0.497 e. The Morgan fingerprint density at radius 1 is 0.418 bits per heavy atom. The average molecular weight is 710 g/mol. The Balaban J connectivity index is 1.21. The van der Waals surface area contributed by atoms with Crippen molar-refractivity contribution in [1.82, 2.24) is 4.57 Å². The van der Waals surface area contributed by atoms with Gasteiger partial charge >= 0.3 is 0 Å². The maximum atomic E-state index is 9.74. The van der Waals surface area contributed by atoms with Crippen LogP contribution in [0.5, 0.6) is 5.75 Å². The minimum atomic E-state index is 0.0149. The molecule has 1 aromatic heterocycles. The minimum absolute atomic E-state index is 0.0149. The molecule has 9 aromatic rings. The number of aliphatic hydroxyl groups excluding tert-OH is 1. The number of hydrogen-bond acceptors (Lipinski definition) is 2. The minimum Gasteiger partial charge on any atom is -0.497 e. The van der Waals surface area contributed by atoms with E-state index in [1.165, 1.54) is 44.3 Å². The van der Waals surface area contributed by atoms with Crippen molar-refractivity contribution in [3.05, 3.63) is 206 Å². The van der Waals surface area contributed by atoms with E-state index in [1.54, 1.807) is 7.11 Å². The highest BCUT2D eigenvalue weighted by Gasteiger charge is 2.16. The van der Waals surface area contributed by atoms with Crippen molar-refractivity contribution in [2.45, 2.75) is 6.61 Å². The van der Waals surface area contributed by atoms with Crippen LogP contribution in [0.25, 0.3) is 83.4 Å². The second-order valence-corrected chi connectivity index (χ2v) is 13.9. The van der Waals surface area contributed by atoms with Crippen LogP contribution in [0, 0.1) is 0 Å². The summed E-state index contributed by atoms with van der Waals surface area (Å²) in [5, 5.41) is 10.9. The van der Waals surface area contributed by atoms with Gasteiger partial charge in [0.05, 0.1) is 19.2 Å². The topological polar surface area (TPSA) is 34.4 Å². The standard InChI is InChI=1S/C52H39NO2/c1-55-49-27-24-43(25-28-49)47-30-46(42-14-12-36(35-54)13-15-42)31-48(32-47)53-34-51(44-22-20-40(21-23-44)38-10-6-3-7-11-38)50-33-45(26-29-52(50)53)41-18-16-39(17-19-41)37-8-4-2-5-9-37/h2-34,54H,35H2,1H3. The second-order valence-electron chi connectivity index (χ2n) is 13.9. The van der Waals surface area contributed by atoms with Gasteiger partial charge in [-0.2, -0.15) is 0 Å². The number of hydrogen-bond donors (Lipinski definition) is 1. The van der Waals surface area contributed by atoms with Crippen molar-refractivity contribution in [2.24, 2.45) is 0 Å². The van der Waals surface area contributed by atoms with E-state index in [9.17, 15) is 5.11 Å². The Bertz CT molecular complexity index is 2650. The average Bonchev–Trinajstić information content (AvgIpc) is 3.66. The van der Waals surface area contributed by atoms with E-state index in [4.69, 9.17) is 4.74 Å². The molecule has 0 atom stereocenters. The Hall–Kier alpha value is -6.94. The molecular weight excluding hydrogens is 671 g/mol. The number of ether oxygens (including phenoxy) is 1. The Labute approximate surface area is 322 Å². The number of benzene rings is 8. The molecule has 1 heterocycles. The summed E-state index contributed by atoms with van der Waals surface area (Å²) in [6.45, 7) is 0.0149. The maximum absolute atomic E-state index is 9.74. The first kappa shape index (κ1) is 33.9.